The summed E-state index contributed by atoms with van der Waals surface area (Å²) in [6.07, 6.45) is 2.17. The van der Waals surface area contributed by atoms with Crippen molar-refractivity contribution >= 4 is 0 Å². The molecule has 0 radical (unpaired) electrons. The normalized spacial score (nSPS) is 19.9. The monoisotopic (exact) mass is 206 g/mol. The fraction of sp³-hybridized carbons (Fsp3) is 0.538. The van der Waals surface area contributed by atoms with Crippen molar-refractivity contribution in [2.45, 2.75) is 31.1 Å². The second kappa shape index (κ2) is 3.95. The summed E-state index contributed by atoms with van der Waals surface area (Å²) in [7, 11) is 0. The zero-order chi connectivity index (χ0) is 10.9. The van der Waals surface area contributed by atoms with E-state index in [1.54, 1.807) is 0 Å². The molecule has 2 N–H and O–H groups in total. The lowest BCUT2D eigenvalue weighted by molar-refractivity contribution is 0.254. The smallest absolute Gasteiger partial charge is 0.0527 e. The van der Waals surface area contributed by atoms with Gasteiger partial charge in [0, 0.05) is 17.9 Å². The van der Waals surface area contributed by atoms with Crippen LogP contribution in [0.2, 0.25) is 0 Å². The molecule has 1 fully saturated rings. The van der Waals surface area contributed by atoms with Gasteiger partial charge in [0.1, 0.15) is 0 Å². The first-order chi connectivity index (χ1) is 7.22. The van der Waals surface area contributed by atoms with Crippen LogP contribution in [0.4, 0.5) is 0 Å². The quantitative estimate of drug-likeness (QED) is 0.788. The first kappa shape index (κ1) is 10.7. The molecule has 1 aliphatic rings. The number of hydrogen-bond acceptors (Lipinski definition) is 2. The summed E-state index contributed by atoms with van der Waals surface area (Å²) in [5, 5.41) is 18.5. The molecule has 15 heavy (non-hydrogen) atoms. The van der Waals surface area contributed by atoms with Gasteiger partial charge in [-0.2, -0.15) is 0 Å². The molecule has 2 nitrogen and oxygen atoms in total. The highest BCUT2D eigenvalue weighted by atomic mass is 16.3. The Morgan fingerprint density at radius 2 is 2.07 bits per heavy atom. The lowest BCUT2D eigenvalue weighted by Crippen LogP contribution is -2.12. The first-order valence-electron chi connectivity index (χ1n) is 5.54. The van der Waals surface area contributed by atoms with Gasteiger partial charge in [-0.3, -0.25) is 0 Å². The van der Waals surface area contributed by atoms with Crippen LogP contribution in [0.25, 0.3) is 0 Å². The van der Waals surface area contributed by atoms with Gasteiger partial charge in [0.15, 0.2) is 0 Å². The summed E-state index contributed by atoms with van der Waals surface area (Å²) >= 11 is 0. The minimum Gasteiger partial charge on any atom is -0.396 e. The molecule has 0 aromatic heterocycles. The maximum Gasteiger partial charge on any atom is 0.0527 e. The Kier molecular flexibility index (Phi) is 2.81. The molecule has 0 spiro atoms. The average Bonchev–Trinajstić information content (AvgIpc) is 3.09. The van der Waals surface area contributed by atoms with Crippen LogP contribution in [0.5, 0.6) is 0 Å². The van der Waals surface area contributed by atoms with E-state index >= 15 is 0 Å². The van der Waals surface area contributed by atoms with E-state index in [0.717, 1.165) is 18.4 Å². The predicted molar refractivity (Wildman–Crippen MR) is 59.9 cm³/mol. The highest BCUT2D eigenvalue weighted by Crippen LogP contribution is 2.47. The molecule has 2 heteroatoms. The van der Waals surface area contributed by atoms with E-state index in [2.05, 4.69) is 12.1 Å². The summed E-state index contributed by atoms with van der Waals surface area (Å²) in [5.74, 6) is 0.180. The number of aliphatic hydroxyl groups excluding tert-OH is 2. The van der Waals surface area contributed by atoms with Gasteiger partial charge in [0.05, 0.1) is 6.61 Å². The largest absolute Gasteiger partial charge is 0.396 e. The van der Waals surface area contributed by atoms with E-state index in [4.69, 9.17) is 5.11 Å². The van der Waals surface area contributed by atoms with Crippen molar-refractivity contribution in [2.75, 3.05) is 13.2 Å². The van der Waals surface area contributed by atoms with E-state index in [0.29, 0.717) is 0 Å². The second-order valence-electron chi connectivity index (χ2n) is 4.65. The molecule has 1 aliphatic carbocycles. The molecule has 0 aliphatic heterocycles. The number of aliphatic hydroxyl groups is 2. The van der Waals surface area contributed by atoms with Crippen molar-refractivity contribution in [3.05, 3.63) is 35.4 Å². The second-order valence-corrected chi connectivity index (χ2v) is 4.65. The highest BCUT2D eigenvalue weighted by Gasteiger charge is 2.43. The van der Waals surface area contributed by atoms with Gasteiger partial charge in [-0.1, -0.05) is 31.2 Å². The van der Waals surface area contributed by atoms with Crippen molar-refractivity contribution in [3.63, 3.8) is 0 Å². The summed E-state index contributed by atoms with van der Waals surface area (Å²) in [6, 6.07) is 8.27. The van der Waals surface area contributed by atoms with Crippen molar-refractivity contribution in [1.82, 2.24) is 0 Å². The van der Waals surface area contributed by atoms with Gasteiger partial charge in [0.25, 0.3) is 0 Å². The Balaban J connectivity index is 2.27. The van der Waals surface area contributed by atoms with Crippen molar-refractivity contribution in [1.29, 1.82) is 0 Å². The molecule has 0 bridgehead atoms. The third kappa shape index (κ3) is 1.92. The fourth-order valence-corrected chi connectivity index (χ4v) is 1.97. The van der Waals surface area contributed by atoms with Gasteiger partial charge in [-0.15, -0.1) is 0 Å². The van der Waals surface area contributed by atoms with Gasteiger partial charge in [-0.05, 0) is 24.0 Å². The van der Waals surface area contributed by atoms with Crippen LogP contribution in [0.1, 0.15) is 36.8 Å². The van der Waals surface area contributed by atoms with Crippen LogP contribution in [-0.2, 0) is 5.41 Å². The molecule has 1 saturated carbocycles. The molecule has 1 atom stereocenters. The topological polar surface area (TPSA) is 40.5 Å². The Morgan fingerprint density at radius 3 is 2.60 bits per heavy atom. The SMILES string of the molecule is CC(CO)c1cccc(C2(CO)CC2)c1. The standard InChI is InChI=1S/C13H18O2/c1-10(8-14)11-3-2-4-12(7-11)13(9-15)5-6-13/h2-4,7,10,14-15H,5-6,8-9H2,1H3. The Morgan fingerprint density at radius 1 is 1.33 bits per heavy atom. The van der Waals surface area contributed by atoms with E-state index in [-0.39, 0.29) is 24.5 Å². The fourth-order valence-electron chi connectivity index (χ4n) is 1.97. The average molecular weight is 206 g/mol. The van der Waals surface area contributed by atoms with E-state index in [1.807, 2.05) is 19.1 Å². The lowest BCUT2D eigenvalue weighted by atomic mass is 9.92. The number of rotatable bonds is 4. The van der Waals surface area contributed by atoms with Crippen LogP contribution in [0.15, 0.2) is 24.3 Å². The minimum absolute atomic E-state index is 0.0329. The molecule has 1 aromatic rings. The van der Waals surface area contributed by atoms with Gasteiger partial charge in [0.2, 0.25) is 0 Å². The van der Waals surface area contributed by atoms with Gasteiger partial charge in [-0.25, -0.2) is 0 Å². The van der Waals surface area contributed by atoms with Crippen molar-refractivity contribution in [2.24, 2.45) is 0 Å². The molecular weight excluding hydrogens is 188 g/mol. The number of hydrogen-bond donors (Lipinski definition) is 2. The Bertz CT molecular complexity index is 342. The van der Waals surface area contributed by atoms with Crippen LogP contribution in [-0.4, -0.2) is 23.4 Å². The van der Waals surface area contributed by atoms with E-state index < -0.39 is 0 Å². The molecule has 0 heterocycles. The van der Waals surface area contributed by atoms with Crippen LogP contribution < -0.4 is 0 Å². The summed E-state index contributed by atoms with van der Waals surface area (Å²) in [5.41, 5.74) is 2.42. The number of benzene rings is 1. The summed E-state index contributed by atoms with van der Waals surface area (Å²) < 4.78 is 0. The minimum atomic E-state index is 0.0329. The lowest BCUT2D eigenvalue weighted by Gasteiger charge is -2.15. The van der Waals surface area contributed by atoms with Gasteiger partial charge >= 0.3 is 0 Å². The van der Waals surface area contributed by atoms with Crippen LogP contribution in [0.3, 0.4) is 0 Å². The molecule has 0 amide bonds. The molecule has 0 saturated heterocycles. The summed E-state index contributed by atoms with van der Waals surface area (Å²) in [6.45, 7) is 2.43. The van der Waals surface area contributed by atoms with E-state index in [9.17, 15) is 5.11 Å². The highest BCUT2D eigenvalue weighted by molar-refractivity contribution is 5.36. The Labute approximate surface area is 90.6 Å². The molecular formula is C13H18O2. The van der Waals surface area contributed by atoms with Crippen LogP contribution in [0, 0.1) is 0 Å². The molecule has 82 valence electrons. The Hall–Kier alpha value is -0.860. The summed E-state index contributed by atoms with van der Waals surface area (Å²) in [4.78, 5) is 0. The third-order valence-electron chi connectivity index (χ3n) is 3.50. The van der Waals surface area contributed by atoms with E-state index in [1.165, 1.54) is 5.56 Å². The van der Waals surface area contributed by atoms with Gasteiger partial charge < -0.3 is 10.2 Å². The molecule has 1 unspecified atom stereocenters. The maximum atomic E-state index is 9.35. The zero-order valence-electron chi connectivity index (χ0n) is 9.11. The van der Waals surface area contributed by atoms with Crippen molar-refractivity contribution < 1.29 is 10.2 Å². The molecule has 2 rings (SSSR count). The van der Waals surface area contributed by atoms with Crippen LogP contribution >= 0.6 is 0 Å². The third-order valence-corrected chi connectivity index (χ3v) is 3.50. The zero-order valence-corrected chi connectivity index (χ0v) is 9.11. The van der Waals surface area contributed by atoms with Crippen molar-refractivity contribution in [3.8, 4) is 0 Å². The predicted octanol–water partition coefficient (Wildman–Crippen LogP) is 1.81. The first-order valence-corrected chi connectivity index (χ1v) is 5.54. The maximum absolute atomic E-state index is 9.35. The molecule has 1 aromatic carbocycles.